The first-order chi connectivity index (χ1) is 8.57. The molecule has 0 saturated heterocycles. The Morgan fingerprint density at radius 1 is 1.61 bits per heavy atom. The summed E-state index contributed by atoms with van der Waals surface area (Å²) >= 11 is 0. The predicted molar refractivity (Wildman–Crippen MR) is 65.0 cm³/mol. The number of hydrogen-bond acceptors (Lipinski definition) is 4. The molecule has 96 valence electrons. The lowest BCUT2D eigenvalue weighted by molar-refractivity contribution is 0.0377. The molecule has 1 heterocycles. The molecule has 0 fully saturated rings. The Bertz CT molecular complexity index is 492. The molecule has 0 bridgehead atoms. The van der Waals surface area contributed by atoms with Crippen LogP contribution in [0.15, 0.2) is 29.3 Å². The van der Waals surface area contributed by atoms with Crippen LogP contribution in [0.2, 0.25) is 0 Å². The lowest BCUT2D eigenvalue weighted by Gasteiger charge is -2.32. The number of aliphatic imine (C=N–C) groups is 1. The molecule has 0 aliphatic carbocycles. The average Bonchev–Trinajstić information content (AvgIpc) is 2.40. The molecule has 2 rings (SSSR count). The number of carbonyl (C=O) groups is 1. The van der Waals surface area contributed by atoms with Crippen molar-refractivity contribution in [3.63, 3.8) is 0 Å². The number of benzene rings is 1. The van der Waals surface area contributed by atoms with Gasteiger partial charge in [0.15, 0.2) is 0 Å². The van der Waals surface area contributed by atoms with Gasteiger partial charge in [-0.05, 0) is 17.7 Å². The van der Waals surface area contributed by atoms with E-state index in [9.17, 15) is 9.18 Å². The van der Waals surface area contributed by atoms with Crippen LogP contribution in [0.25, 0.3) is 0 Å². The second kappa shape index (κ2) is 4.83. The zero-order valence-electron chi connectivity index (χ0n) is 9.67. The summed E-state index contributed by atoms with van der Waals surface area (Å²) in [6.07, 6.45) is 0.740. The van der Waals surface area contributed by atoms with Crippen molar-refractivity contribution in [2.45, 2.75) is 11.8 Å². The number of primary amides is 1. The number of amides is 1. The van der Waals surface area contributed by atoms with Crippen LogP contribution in [0.5, 0.6) is 0 Å². The van der Waals surface area contributed by atoms with Crippen molar-refractivity contribution in [2.75, 3.05) is 13.3 Å². The zero-order valence-corrected chi connectivity index (χ0v) is 9.67. The summed E-state index contributed by atoms with van der Waals surface area (Å²) in [4.78, 5) is 15.2. The summed E-state index contributed by atoms with van der Waals surface area (Å²) in [5.74, 6) is -0.566. The molecular formula is C12H14FN3O2. The van der Waals surface area contributed by atoms with Gasteiger partial charge in [-0.1, -0.05) is 12.1 Å². The van der Waals surface area contributed by atoms with E-state index in [2.05, 4.69) is 4.99 Å². The first-order valence-corrected chi connectivity index (χ1v) is 5.46. The zero-order chi connectivity index (χ0) is 13.2. The predicted octanol–water partition coefficient (Wildman–Crippen LogP) is 0.336. The summed E-state index contributed by atoms with van der Waals surface area (Å²) in [6.45, 7) is -0.707. The third-order valence-electron chi connectivity index (χ3n) is 2.89. The monoisotopic (exact) mass is 251 g/mol. The van der Waals surface area contributed by atoms with E-state index in [1.807, 2.05) is 0 Å². The van der Waals surface area contributed by atoms with Crippen molar-refractivity contribution in [1.82, 2.24) is 0 Å². The number of nitrogens with zero attached hydrogens (tertiary/aromatic N) is 1. The number of alkyl halides is 1. The maximum Gasteiger partial charge on any atom is 0.248 e. The SMILES string of the molecule is NC(=O)c1cccc(C2(CF)CO[C@@H](N)C=N2)c1. The molecule has 0 spiro atoms. The number of halogens is 1. The van der Waals surface area contributed by atoms with Crippen LogP contribution in [0.4, 0.5) is 4.39 Å². The number of ether oxygens (including phenoxy) is 1. The van der Waals surface area contributed by atoms with Gasteiger partial charge in [-0.25, -0.2) is 4.39 Å². The van der Waals surface area contributed by atoms with Crippen LogP contribution >= 0.6 is 0 Å². The van der Waals surface area contributed by atoms with Gasteiger partial charge in [0.05, 0.1) is 6.61 Å². The number of rotatable bonds is 3. The van der Waals surface area contributed by atoms with Gasteiger partial charge in [0.2, 0.25) is 5.91 Å². The molecule has 6 heteroatoms. The molecule has 0 aromatic heterocycles. The highest BCUT2D eigenvalue weighted by molar-refractivity contribution is 5.93. The molecule has 1 amide bonds. The highest BCUT2D eigenvalue weighted by Crippen LogP contribution is 2.29. The van der Waals surface area contributed by atoms with E-state index in [-0.39, 0.29) is 6.61 Å². The van der Waals surface area contributed by atoms with Gasteiger partial charge in [-0.2, -0.15) is 0 Å². The first-order valence-electron chi connectivity index (χ1n) is 5.46. The van der Waals surface area contributed by atoms with Gasteiger partial charge in [-0.3, -0.25) is 9.79 Å². The van der Waals surface area contributed by atoms with Gasteiger partial charge in [0.1, 0.15) is 18.4 Å². The molecule has 1 aromatic rings. The lowest BCUT2D eigenvalue weighted by atomic mass is 9.90. The lowest BCUT2D eigenvalue weighted by Crippen LogP contribution is -2.42. The van der Waals surface area contributed by atoms with Gasteiger partial charge >= 0.3 is 0 Å². The minimum Gasteiger partial charge on any atom is -0.366 e. The summed E-state index contributed by atoms with van der Waals surface area (Å²) in [5, 5.41) is 0. The van der Waals surface area contributed by atoms with Crippen molar-refractivity contribution in [3.05, 3.63) is 35.4 Å². The average molecular weight is 251 g/mol. The van der Waals surface area contributed by atoms with E-state index in [0.717, 1.165) is 0 Å². The molecule has 1 aromatic carbocycles. The molecule has 0 saturated carbocycles. The highest BCUT2D eigenvalue weighted by atomic mass is 19.1. The van der Waals surface area contributed by atoms with Crippen LogP contribution in [0, 0.1) is 0 Å². The summed E-state index contributed by atoms with van der Waals surface area (Å²) < 4.78 is 18.5. The third-order valence-corrected chi connectivity index (χ3v) is 2.89. The maximum absolute atomic E-state index is 13.3. The number of carbonyl (C=O) groups excluding carboxylic acids is 1. The molecular weight excluding hydrogens is 237 g/mol. The molecule has 1 aliphatic rings. The highest BCUT2D eigenvalue weighted by Gasteiger charge is 2.35. The standard InChI is InChI=1S/C12H14FN3O2/c13-6-12(7-18-10(14)5-16-12)9-3-1-2-8(4-9)11(15)17/h1-5,10H,6-7,14H2,(H2,15,17)/t10-,12?/m1/s1. The van der Waals surface area contributed by atoms with Crippen molar-refractivity contribution in [3.8, 4) is 0 Å². The quantitative estimate of drug-likeness (QED) is 0.811. The fourth-order valence-electron chi connectivity index (χ4n) is 1.80. The van der Waals surface area contributed by atoms with Crippen molar-refractivity contribution >= 4 is 12.1 Å². The van der Waals surface area contributed by atoms with Crippen molar-refractivity contribution < 1.29 is 13.9 Å². The fraction of sp³-hybridized carbons (Fsp3) is 0.333. The number of nitrogens with two attached hydrogens (primary N) is 2. The Morgan fingerprint density at radius 3 is 2.94 bits per heavy atom. The molecule has 1 unspecified atom stereocenters. The summed E-state index contributed by atoms with van der Waals surface area (Å²) in [7, 11) is 0. The van der Waals surface area contributed by atoms with Gasteiger partial charge in [0.25, 0.3) is 0 Å². The second-order valence-corrected chi connectivity index (χ2v) is 4.16. The smallest absolute Gasteiger partial charge is 0.248 e. The molecule has 0 radical (unpaired) electrons. The van der Waals surface area contributed by atoms with E-state index in [1.165, 1.54) is 12.3 Å². The van der Waals surface area contributed by atoms with E-state index in [4.69, 9.17) is 16.2 Å². The molecule has 18 heavy (non-hydrogen) atoms. The third kappa shape index (κ3) is 2.25. The largest absolute Gasteiger partial charge is 0.366 e. The van der Waals surface area contributed by atoms with Crippen LogP contribution in [0.3, 0.4) is 0 Å². The maximum atomic E-state index is 13.3. The second-order valence-electron chi connectivity index (χ2n) is 4.16. The van der Waals surface area contributed by atoms with E-state index in [0.29, 0.717) is 11.1 Å². The van der Waals surface area contributed by atoms with Crippen LogP contribution < -0.4 is 11.5 Å². The minimum atomic E-state index is -1.14. The Hall–Kier alpha value is -1.79. The van der Waals surface area contributed by atoms with E-state index >= 15 is 0 Å². The minimum absolute atomic E-state index is 0.0311. The fourth-order valence-corrected chi connectivity index (χ4v) is 1.80. The molecule has 2 atom stereocenters. The molecule has 1 aliphatic heterocycles. The van der Waals surface area contributed by atoms with E-state index in [1.54, 1.807) is 18.2 Å². The Labute approximate surface area is 104 Å². The topological polar surface area (TPSA) is 90.7 Å². The van der Waals surface area contributed by atoms with Gasteiger partial charge in [-0.15, -0.1) is 0 Å². The van der Waals surface area contributed by atoms with Crippen LogP contribution in [0.1, 0.15) is 15.9 Å². The summed E-state index contributed by atoms with van der Waals surface area (Å²) in [5.41, 5.74) is 10.4. The van der Waals surface area contributed by atoms with Gasteiger partial charge in [0, 0.05) is 11.8 Å². The Kier molecular flexibility index (Phi) is 3.40. The Balaban J connectivity index is 2.42. The van der Waals surface area contributed by atoms with Crippen molar-refractivity contribution in [1.29, 1.82) is 0 Å². The van der Waals surface area contributed by atoms with E-state index < -0.39 is 24.3 Å². The molecule has 4 N–H and O–H groups in total. The van der Waals surface area contributed by atoms with Gasteiger partial charge < -0.3 is 16.2 Å². The summed E-state index contributed by atoms with van der Waals surface area (Å²) in [6, 6.07) is 6.41. The Morgan fingerprint density at radius 2 is 2.39 bits per heavy atom. The molecule has 5 nitrogen and oxygen atoms in total. The van der Waals surface area contributed by atoms with Crippen LogP contribution in [-0.2, 0) is 10.3 Å². The first kappa shape index (κ1) is 12.7. The normalized spacial score (nSPS) is 27.1. The van der Waals surface area contributed by atoms with Crippen molar-refractivity contribution in [2.24, 2.45) is 16.5 Å². The number of hydrogen-bond donors (Lipinski definition) is 2. The van der Waals surface area contributed by atoms with Crippen LogP contribution in [-0.4, -0.2) is 31.6 Å².